The van der Waals surface area contributed by atoms with Crippen molar-refractivity contribution in [2.24, 2.45) is 4.99 Å². The third-order valence-electron chi connectivity index (χ3n) is 3.65. The molecule has 0 unspecified atom stereocenters. The maximum absolute atomic E-state index is 5.96. The molecule has 0 spiro atoms. The monoisotopic (exact) mass is 318 g/mol. The summed E-state index contributed by atoms with van der Waals surface area (Å²) in [5.74, 6) is 1.55. The molecule has 1 aliphatic rings. The van der Waals surface area contributed by atoms with Crippen LogP contribution in [0.1, 0.15) is 58.9 Å². The predicted octanol–water partition coefficient (Wildman–Crippen LogP) is 3.26. The largest absolute Gasteiger partial charge is 0.474 e. The molecule has 1 saturated carbocycles. The molecule has 1 aromatic rings. The van der Waals surface area contributed by atoms with Crippen LogP contribution in [0.5, 0.6) is 5.88 Å². The number of guanidine groups is 1. The quantitative estimate of drug-likeness (QED) is 0.646. The highest BCUT2D eigenvalue weighted by atomic mass is 16.5. The standard InChI is InChI=1S/C18H30N4O/c1-5-19-17(22-18(2,3)4)21-13-14-10-11-20-16(12-14)23-15-8-6-7-9-15/h10-12,15H,5-9,13H2,1-4H3,(H2,19,21,22). The van der Waals surface area contributed by atoms with E-state index in [1.54, 1.807) is 6.20 Å². The van der Waals surface area contributed by atoms with E-state index >= 15 is 0 Å². The Morgan fingerprint density at radius 1 is 1.35 bits per heavy atom. The fourth-order valence-electron chi connectivity index (χ4n) is 2.62. The molecule has 0 saturated heterocycles. The van der Waals surface area contributed by atoms with Crippen LogP contribution < -0.4 is 15.4 Å². The summed E-state index contributed by atoms with van der Waals surface area (Å²) >= 11 is 0. The molecule has 2 N–H and O–H groups in total. The number of nitrogens with one attached hydrogen (secondary N) is 2. The molecule has 23 heavy (non-hydrogen) atoms. The highest BCUT2D eigenvalue weighted by Gasteiger charge is 2.17. The van der Waals surface area contributed by atoms with Crippen molar-refractivity contribution in [1.29, 1.82) is 0 Å². The minimum atomic E-state index is -0.0179. The van der Waals surface area contributed by atoms with Crippen LogP contribution in [-0.2, 0) is 6.54 Å². The van der Waals surface area contributed by atoms with Crippen molar-refractivity contribution >= 4 is 5.96 Å². The number of hydrogen-bond acceptors (Lipinski definition) is 3. The van der Waals surface area contributed by atoms with Gasteiger partial charge in [-0.05, 0) is 65.0 Å². The Bertz CT molecular complexity index is 516. The van der Waals surface area contributed by atoms with Crippen molar-refractivity contribution in [2.45, 2.75) is 71.6 Å². The Balaban J connectivity index is 1.98. The zero-order valence-electron chi connectivity index (χ0n) is 14.9. The van der Waals surface area contributed by atoms with E-state index in [2.05, 4.69) is 48.3 Å². The molecule has 1 aliphatic carbocycles. The average Bonchev–Trinajstić information content (AvgIpc) is 2.97. The maximum atomic E-state index is 5.96. The van der Waals surface area contributed by atoms with Crippen LogP contribution in [0.3, 0.4) is 0 Å². The second kappa shape index (κ2) is 8.18. The molecule has 0 radical (unpaired) electrons. The average molecular weight is 318 g/mol. The second-order valence-corrected chi connectivity index (χ2v) is 7.10. The van der Waals surface area contributed by atoms with Crippen molar-refractivity contribution < 1.29 is 4.74 Å². The van der Waals surface area contributed by atoms with Gasteiger partial charge in [-0.2, -0.15) is 0 Å². The van der Waals surface area contributed by atoms with Gasteiger partial charge in [-0.25, -0.2) is 9.98 Å². The smallest absolute Gasteiger partial charge is 0.213 e. The summed E-state index contributed by atoms with van der Waals surface area (Å²) in [6, 6.07) is 3.99. The Hall–Kier alpha value is -1.78. The van der Waals surface area contributed by atoms with E-state index in [-0.39, 0.29) is 5.54 Å². The summed E-state index contributed by atoms with van der Waals surface area (Å²) in [6.45, 7) is 9.89. The Morgan fingerprint density at radius 3 is 2.74 bits per heavy atom. The lowest BCUT2D eigenvalue weighted by molar-refractivity contribution is 0.201. The highest BCUT2D eigenvalue weighted by Crippen LogP contribution is 2.23. The molecule has 0 atom stereocenters. The topological polar surface area (TPSA) is 58.5 Å². The first-order valence-electron chi connectivity index (χ1n) is 8.64. The van der Waals surface area contributed by atoms with Crippen LogP contribution in [-0.4, -0.2) is 29.1 Å². The number of hydrogen-bond donors (Lipinski definition) is 2. The first kappa shape index (κ1) is 17.6. The van der Waals surface area contributed by atoms with Crippen molar-refractivity contribution in [3.8, 4) is 5.88 Å². The van der Waals surface area contributed by atoms with Crippen molar-refractivity contribution in [3.63, 3.8) is 0 Å². The van der Waals surface area contributed by atoms with E-state index in [4.69, 9.17) is 4.74 Å². The van der Waals surface area contributed by atoms with Gasteiger partial charge < -0.3 is 15.4 Å². The molecular formula is C18H30N4O. The Kier molecular flexibility index (Phi) is 6.25. The second-order valence-electron chi connectivity index (χ2n) is 7.10. The SMILES string of the molecule is CCNC(=NCc1ccnc(OC2CCCC2)c1)NC(C)(C)C. The zero-order valence-corrected chi connectivity index (χ0v) is 14.9. The summed E-state index contributed by atoms with van der Waals surface area (Å²) in [6.07, 6.45) is 6.95. The van der Waals surface area contributed by atoms with Gasteiger partial charge in [0.2, 0.25) is 5.88 Å². The van der Waals surface area contributed by atoms with Crippen molar-refractivity contribution in [1.82, 2.24) is 15.6 Å². The number of pyridine rings is 1. The van der Waals surface area contributed by atoms with Crippen LogP contribution in [0.15, 0.2) is 23.3 Å². The summed E-state index contributed by atoms with van der Waals surface area (Å²) in [7, 11) is 0. The molecule has 5 nitrogen and oxygen atoms in total. The van der Waals surface area contributed by atoms with E-state index in [1.165, 1.54) is 12.8 Å². The lowest BCUT2D eigenvalue weighted by atomic mass is 10.1. The van der Waals surface area contributed by atoms with Crippen LogP contribution >= 0.6 is 0 Å². The molecular weight excluding hydrogens is 288 g/mol. The third-order valence-corrected chi connectivity index (χ3v) is 3.65. The number of rotatable bonds is 5. The van der Waals surface area contributed by atoms with Gasteiger partial charge in [-0.1, -0.05) is 0 Å². The fraction of sp³-hybridized carbons (Fsp3) is 0.667. The maximum Gasteiger partial charge on any atom is 0.213 e. The number of aromatic nitrogens is 1. The third kappa shape index (κ3) is 6.47. The first-order valence-corrected chi connectivity index (χ1v) is 8.64. The number of aliphatic imine (C=N–C) groups is 1. The molecule has 1 aromatic heterocycles. The minimum Gasteiger partial charge on any atom is -0.474 e. The molecule has 2 rings (SSSR count). The van der Waals surface area contributed by atoms with Crippen LogP contribution in [0.25, 0.3) is 0 Å². The van der Waals surface area contributed by atoms with Gasteiger partial charge in [-0.15, -0.1) is 0 Å². The molecule has 1 heterocycles. The molecule has 0 aliphatic heterocycles. The van der Waals surface area contributed by atoms with Crippen LogP contribution in [0.4, 0.5) is 0 Å². The predicted molar refractivity (Wildman–Crippen MR) is 94.8 cm³/mol. The fourth-order valence-corrected chi connectivity index (χ4v) is 2.62. The Morgan fingerprint density at radius 2 is 2.09 bits per heavy atom. The van der Waals surface area contributed by atoms with Gasteiger partial charge in [0.1, 0.15) is 6.10 Å². The van der Waals surface area contributed by atoms with Gasteiger partial charge in [0.05, 0.1) is 6.54 Å². The van der Waals surface area contributed by atoms with E-state index in [0.717, 1.165) is 36.8 Å². The highest BCUT2D eigenvalue weighted by molar-refractivity contribution is 5.80. The zero-order chi connectivity index (χ0) is 16.7. The van der Waals surface area contributed by atoms with Gasteiger partial charge in [0.25, 0.3) is 0 Å². The number of ether oxygens (including phenoxy) is 1. The molecule has 128 valence electrons. The van der Waals surface area contributed by atoms with Gasteiger partial charge in [0.15, 0.2) is 5.96 Å². The first-order chi connectivity index (χ1) is 11.0. The molecule has 0 bridgehead atoms. The summed E-state index contributed by atoms with van der Waals surface area (Å²) in [5, 5.41) is 6.67. The van der Waals surface area contributed by atoms with Crippen molar-refractivity contribution in [3.05, 3.63) is 23.9 Å². The van der Waals surface area contributed by atoms with Gasteiger partial charge >= 0.3 is 0 Å². The number of nitrogens with zero attached hydrogens (tertiary/aromatic N) is 2. The summed E-state index contributed by atoms with van der Waals surface area (Å²) in [4.78, 5) is 8.98. The summed E-state index contributed by atoms with van der Waals surface area (Å²) in [5.41, 5.74) is 1.09. The minimum absolute atomic E-state index is 0.0179. The van der Waals surface area contributed by atoms with E-state index in [0.29, 0.717) is 12.6 Å². The Labute approximate surface area is 139 Å². The lowest BCUT2D eigenvalue weighted by Gasteiger charge is -2.23. The van der Waals surface area contributed by atoms with Crippen LogP contribution in [0.2, 0.25) is 0 Å². The van der Waals surface area contributed by atoms with E-state index < -0.39 is 0 Å². The van der Waals surface area contributed by atoms with Crippen molar-refractivity contribution in [2.75, 3.05) is 6.54 Å². The molecule has 0 amide bonds. The lowest BCUT2D eigenvalue weighted by Crippen LogP contribution is -2.47. The molecule has 5 heteroatoms. The normalized spacial score (nSPS) is 16.4. The molecule has 0 aromatic carbocycles. The van der Waals surface area contributed by atoms with Gasteiger partial charge in [0, 0.05) is 24.3 Å². The summed E-state index contributed by atoms with van der Waals surface area (Å²) < 4.78 is 5.96. The van der Waals surface area contributed by atoms with E-state index in [9.17, 15) is 0 Å². The van der Waals surface area contributed by atoms with Crippen LogP contribution in [0, 0.1) is 0 Å². The van der Waals surface area contributed by atoms with E-state index in [1.807, 2.05) is 12.1 Å². The molecule has 1 fully saturated rings. The van der Waals surface area contributed by atoms with Gasteiger partial charge in [-0.3, -0.25) is 0 Å².